The lowest BCUT2D eigenvalue weighted by Gasteiger charge is -2.24. The van der Waals surface area contributed by atoms with Crippen LogP contribution in [0.15, 0.2) is 59.9 Å². The summed E-state index contributed by atoms with van der Waals surface area (Å²) in [5.41, 5.74) is 3.04. The molecule has 0 radical (unpaired) electrons. The van der Waals surface area contributed by atoms with Gasteiger partial charge in [-0.15, -0.1) is 0 Å². The Morgan fingerprint density at radius 3 is 2.94 bits per heavy atom. The highest BCUT2D eigenvalue weighted by molar-refractivity contribution is 5.41. The number of likely N-dealkylation sites (N-methyl/N-ethyl adjacent to an activating group) is 1. The number of nitrogens with zero attached hydrogens (tertiary/aromatic N) is 1. The van der Waals surface area contributed by atoms with Gasteiger partial charge in [0.05, 0.1) is 6.04 Å². The average molecular weight is 225 g/mol. The molecule has 0 spiro atoms. The first kappa shape index (κ1) is 10.6. The van der Waals surface area contributed by atoms with E-state index in [0.717, 1.165) is 12.8 Å². The van der Waals surface area contributed by atoms with E-state index in [0.29, 0.717) is 12.0 Å². The molecule has 0 N–H and O–H groups in total. The van der Waals surface area contributed by atoms with Crippen molar-refractivity contribution >= 4 is 0 Å². The van der Waals surface area contributed by atoms with Crippen LogP contribution in [0.4, 0.5) is 0 Å². The second kappa shape index (κ2) is 4.40. The summed E-state index contributed by atoms with van der Waals surface area (Å²) >= 11 is 0. The van der Waals surface area contributed by atoms with E-state index >= 15 is 0 Å². The van der Waals surface area contributed by atoms with Gasteiger partial charge in [-0.05, 0) is 24.8 Å². The second-order valence-electron chi connectivity index (χ2n) is 4.95. The van der Waals surface area contributed by atoms with E-state index in [2.05, 4.69) is 60.6 Å². The van der Waals surface area contributed by atoms with Crippen LogP contribution in [0.25, 0.3) is 0 Å². The third kappa shape index (κ3) is 1.80. The Hall–Kier alpha value is -1.50. The third-order valence-electron chi connectivity index (χ3n) is 3.95. The smallest absolute Gasteiger partial charge is 0.0571 e. The minimum atomic E-state index is 0.529. The number of fused-ring (bicyclic) bond motifs is 2. The molecule has 0 amide bonds. The molecule has 2 unspecified atom stereocenters. The van der Waals surface area contributed by atoms with Gasteiger partial charge in [-0.3, -0.25) is 0 Å². The van der Waals surface area contributed by atoms with Crippen LogP contribution in [0, 0.1) is 5.92 Å². The molecule has 88 valence electrons. The quantitative estimate of drug-likeness (QED) is 0.569. The molecule has 0 aromatic rings. The molecule has 0 saturated heterocycles. The SMILES string of the molecule is CN1C2=C(/C=C\C=C/CC2)C2C=CCC=CC21. The van der Waals surface area contributed by atoms with Crippen molar-refractivity contribution in [2.75, 3.05) is 7.05 Å². The largest absolute Gasteiger partial charge is 0.370 e. The zero-order valence-corrected chi connectivity index (χ0v) is 10.3. The maximum Gasteiger partial charge on any atom is 0.0571 e. The Balaban J connectivity index is 2.03. The molecule has 2 atom stereocenters. The molecular weight excluding hydrogens is 206 g/mol. The molecule has 0 fully saturated rings. The van der Waals surface area contributed by atoms with Crippen LogP contribution in [0.1, 0.15) is 19.3 Å². The summed E-state index contributed by atoms with van der Waals surface area (Å²) in [5.74, 6) is 0.552. The summed E-state index contributed by atoms with van der Waals surface area (Å²) in [7, 11) is 2.24. The normalized spacial score (nSPS) is 34.8. The van der Waals surface area contributed by atoms with Crippen molar-refractivity contribution in [2.24, 2.45) is 5.92 Å². The summed E-state index contributed by atoms with van der Waals surface area (Å²) in [6.07, 6.45) is 21.7. The van der Waals surface area contributed by atoms with Gasteiger partial charge in [0, 0.05) is 18.7 Å². The molecule has 3 aliphatic rings. The number of hydrogen-bond donors (Lipinski definition) is 0. The van der Waals surface area contributed by atoms with Crippen LogP contribution in [-0.2, 0) is 0 Å². The van der Waals surface area contributed by atoms with Crippen molar-refractivity contribution in [3.05, 3.63) is 59.9 Å². The van der Waals surface area contributed by atoms with Gasteiger partial charge in [0.1, 0.15) is 0 Å². The summed E-state index contributed by atoms with van der Waals surface area (Å²) in [6, 6.07) is 0.529. The Bertz CT molecular complexity index is 448. The van der Waals surface area contributed by atoms with E-state index in [1.54, 1.807) is 0 Å². The fraction of sp³-hybridized carbons (Fsp3) is 0.375. The molecule has 0 aromatic heterocycles. The topological polar surface area (TPSA) is 3.24 Å². The van der Waals surface area contributed by atoms with E-state index in [1.165, 1.54) is 17.7 Å². The van der Waals surface area contributed by atoms with Gasteiger partial charge in [-0.2, -0.15) is 0 Å². The van der Waals surface area contributed by atoms with Crippen LogP contribution < -0.4 is 0 Å². The fourth-order valence-electron chi connectivity index (χ4n) is 3.07. The Morgan fingerprint density at radius 1 is 1.12 bits per heavy atom. The van der Waals surface area contributed by atoms with Gasteiger partial charge in [-0.25, -0.2) is 0 Å². The van der Waals surface area contributed by atoms with Crippen molar-refractivity contribution < 1.29 is 0 Å². The number of rotatable bonds is 0. The molecule has 1 nitrogen and oxygen atoms in total. The number of hydrogen-bond acceptors (Lipinski definition) is 1. The predicted molar refractivity (Wildman–Crippen MR) is 72.5 cm³/mol. The average Bonchev–Trinajstić information content (AvgIpc) is 2.49. The highest BCUT2D eigenvalue weighted by Gasteiger charge is 2.34. The molecule has 2 aliphatic carbocycles. The van der Waals surface area contributed by atoms with Gasteiger partial charge in [-0.1, -0.05) is 48.6 Å². The van der Waals surface area contributed by atoms with Gasteiger partial charge >= 0.3 is 0 Å². The lowest BCUT2D eigenvalue weighted by molar-refractivity contribution is 0.349. The minimum Gasteiger partial charge on any atom is -0.370 e. The van der Waals surface area contributed by atoms with Gasteiger partial charge in [0.2, 0.25) is 0 Å². The summed E-state index contributed by atoms with van der Waals surface area (Å²) < 4.78 is 0. The van der Waals surface area contributed by atoms with Crippen LogP contribution in [-0.4, -0.2) is 18.0 Å². The van der Waals surface area contributed by atoms with E-state index in [-0.39, 0.29) is 0 Å². The highest BCUT2D eigenvalue weighted by Crippen LogP contribution is 2.39. The minimum absolute atomic E-state index is 0.529. The van der Waals surface area contributed by atoms with Crippen LogP contribution >= 0.6 is 0 Å². The number of allylic oxidation sites excluding steroid dienone is 7. The monoisotopic (exact) mass is 225 g/mol. The third-order valence-corrected chi connectivity index (χ3v) is 3.95. The van der Waals surface area contributed by atoms with Crippen molar-refractivity contribution in [1.82, 2.24) is 4.90 Å². The van der Waals surface area contributed by atoms with E-state index in [9.17, 15) is 0 Å². The molecule has 1 aliphatic heterocycles. The lowest BCUT2D eigenvalue weighted by Crippen LogP contribution is -2.28. The maximum atomic E-state index is 2.47. The molecule has 0 aromatic carbocycles. The first-order chi connectivity index (χ1) is 8.38. The molecular formula is C16H19N. The molecule has 1 heteroatoms. The molecule has 0 saturated carbocycles. The first-order valence-electron chi connectivity index (χ1n) is 6.50. The molecule has 17 heavy (non-hydrogen) atoms. The zero-order chi connectivity index (χ0) is 11.7. The molecule has 0 bridgehead atoms. The molecule has 3 rings (SSSR count). The van der Waals surface area contributed by atoms with E-state index in [1.807, 2.05) is 0 Å². The maximum absolute atomic E-state index is 2.47. The van der Waals surface area contributed by atoms with Crippen LogP contribution in [0.3, 0.4) is 0 Å². The molecule has 1 heterocycles. The summed E-state index contributed by atoms with van der Waals surface area (Å²) in [5, 5.41) is 0. The van der Waals surface area contributed by atoms with Gasteiger partial charge < -0.3 is 4.90 Å². The van der Waals surface area contributed by atoms with Crippen molar-refractivity contribution in [2.45, 2.75) is 25.3 Å². The van der Waals surface area contributed by atoms with Crippen LogP contribution in [0.2, 0.25) is 0 Å². The standard InChI is InChI=1S/C16H19N/c1-17-15-11-7-3-2-5-9-13(15)14-10-6-4-8-12-16(14)17/h2-3,5-6,8-10,12,14,16H,4,7,11H2,1H3/b3-2-,9-5-. The highest BCUT2D eigenvalue weighted by atomic mass is 15.2. The first-order valence-corrected chi connectivity index (χ1v) is 6.50. The summed E-state index contributed by atoms with van der Waals surface area (Å²) in [6.45, 7) is 0. The summed E-state index contributed by atoms with van der Waals surface area (Å²) in [4.78, 5) is 2.47. The Labute approximate surface area is 104 Å². The van der Waals surface area contributed by atoms with E-state index < -0.39 is 0 Å². The second-order valence-corrected chi connectivity index (χ2v) is 4.95. The van der Waals surface area contributed by atoms with Gasteiger partial charge in [0.15, 0.2) is 0 Å². The Kier molecular flexibility index (Phi) is 2.76. The lowest BCUT2D eigenvalue weighted by atomic mass is 9.92. The zero-order valence-electron chi connectivity index (χ0n) is 10.3. The van der Waals surface area contributed by atoms with Crippen molar-refractivity contribution in [3.8, 4) is 0 Å². The van der Waals surface area contributed by atoms with Gasteiger partial charge in [0.25, 0.3) is 0 Å². The van der Waals surface area contributed by atoms with Crippen molar-refractivity contribution in [1.29, 1.82) is 0 Å². The Morgan fingerprint density at radius 2 is 2.00 bits per heavy atom. The predicted octanol–water partition coefficient (Wildman–Crippen LogP) is 3.59. The van der Waals surface area contributed by atoms with Crippen molar-refractivity contribution in [3.63, 3.8) is 0 Å². The fourth-order valence-corrected chi connectivity index (χ4v) is 3.07. The van der Waals surface area contributed by atoms with Crippen LogP contribution in [0.5, 0.6) is 0 Å². The van der Waals surface area contributed by atoms with E-state index in [4.69, 9.17) is 0 Å².